The van der Waals surface area contributed by atoms with Crippen LogP contribution < -0.4 is 5.32 Å². The lowest BCUT2D eigenvalue weighted by atomic mass is 10.1. The first kappa shape index (κ1) is 15.9. The van der Waals surface area contributed by atoms with E-state index in [0.29, 0.717) is 17.5 Å². The van der Waals surface area contributed by atoms with E-state index in [1.807, 2.05) is 14.0 Å². The predicted molar refractivity (Wildman–Crippen MR) is 70.6 cm³/mol. The monoisotopic (exact) mass is 249 g/mol. The quantitative estimate of drug-likeness (QED) is 0.605. The summed E-state index contributed by atoms with van der Waals surface area (Å²) in [6.07, 6.45) is 6.00. The van der Waals surface area contributed by atoms with E-state index in [9.17, 15) is 8.42 Å². The van der Waals surface area contributed by atoms with E-state index in [2.05, 4.69) is 12.2 Å². The van der Waals surface area contributed by atoms with Crippen LogP contribution in [0.3, 0.4) is 0 Å². The maximum absolute atomic E-state index is 11.5. The molecule has 0 aromatic carbocycles. The summed E-state index contributed by atoms with van der Waals surface area (Å²) in [6.45, 7) is 4.09. The minimum atomic E-state index is -2.77. The van der Waals surface area contributed by atoms with Crippen LogP contribution >= 0.6 is 0 Å². The molecule has 0 heterocycles. The highest BCUT2D eigenvalue weighted by atomic mass is 32.2. The van der Waals surface area contributed by atoms with Crippen molar-refractivity contribution in [3.63, 3.8) is 0 Å². The molecule has 16 heavy (non-hydrogen) atoms. The number of nitrogens with one attached hydrogen (secondary N) is 1. The van der Waals surface area contributed by atoms with E-state index in [1.54, 1.807) is 0 Å². The number of hydrogen-bond donors (Lipinski definition) is 1. The van der Waals surface area contributed by atoms with Gasteiger partial charge < -0.3 is 5.32 Å². The fourth-order valence-electron chi connectivity index (χ4n) is 1.91. The van der Waals surface area contributed by atoms with E-state index in [0.717, 1.165) is 25.7 Å². The minimum absolute atomic E-state index is 0.345. The van der Waals surface area contributed by atoms with Gasteiger partial charge in [0.1, 0.15) is 9.84 Å². The zero-order chi connectivity index (χ0) is 12.4. The van der Waals surface area contributed by atoms with E-state index < -0.39 is 9.84 Å². The Balaban J connectivity index is 3.66. The van der Waals surface area contributed by atoms with Gasteiger partial charge in [0, 0.05) is 11.8 Å². The molecule has 0 amide bonds. The predicted octanol–water partition coefficient (Wildman–Crippen LogP) is 2.37. The summed E-state index contributed by atoms with van der Waals surface area (Å²) >= 11 is 0. The Morgan fingerprint density at radius 1 is 1.00 bits per heavy atom. The second-order valence-corrected chi connectivity index (χ2v) is 6.73. The van der Waals surface area contributed by atoms with Gasteiger partial charge in [0.2, 0.25) is 0 Å². The first-order valence-electron chi connectivity index (χ1n) is 6.43. The van der Waals surface area contributed by atoms with Crippen molar-refractivity contribution in [1.82, 2.24) is 5.32 Å². The van der Waals surface area contributed by atoms with Gasteiger partial charge in [-0.25, -0.2) is 8.42 Å². The molecular weight excluding hydrogens is 222 g/mol. The Labute approximate surface area is 101 Å². The Hall–Kier alpha value is -0.0900. The standard InChI is InChI=1S/C12H27NO2S/c1-4-8-12(13-3)9-6-7-11-16(14,15)10-5-2/h12-13H,4-11H2,1-3H3. The molecule has 1 unspecified atom stereocenters. The summed E-state index contributed by atoms with van der Waals surface area (Å²) < 4.78 is 22.9. The minimum Gasteiger partial charge on any atom is -0.317 e. The topological polar surface area (TPSA) is 46.2 Å². The third-order valence-corrected chi connectivity index (χ3v) is 4.76. The Bertz CT molecular complexity index is 250. The average molecular weight is 249 g/mol. The van der Waals surface area contributed by atoms with Crippen LogP contribution in [-0.4, -0.2) is 33.0 Å². The van der Waals surface area contributed by atoms with E-state index in [4.69, 9.17) is 0 Å². The van der Waals surface area contributed by atoms with Crippen LogP contribution in [0, 0.1) is 0 Å². The van der Waals surface area contributed by atoms with Crippen molar-refractivity contribution >= 4 is 9.84 Å². The van der Waals surface area contributed by atoms with Gasteiger partial charge in [-0.3, -0.25) is 0 Å². The molecule has 1 atom stereocenters. The van der Waals surface area contributed by atoms with Gasteiger partial charge in [-0.05, 0) is 32.7 Å². The fourth-order valence-corrected chi connectivity index (χ4v) is 3.38. The van der Waals surface area contributed by atoms with Crippen molar-refractivity contribution in [3.8, 4) is 0 Å². The number of rotatable bonds is 10. The van der Waals surface area contributed by atoms with Crippen LogP contribution in [0.15, 0.2) is 0 Å². The van der Waals surface area contributed by atoms with Gasteiger partial charge in [-0.1, -0.05) is 26.7 Å². The molecule has 0 aliphatic carbocycles. The molecule has 0 radical (unpaired) electrons. The van der Waals surface area contributed by atoms with Gasteiger partial charge >= 0.3 is 0 Å². The number of hydrogen-bond acceptors (Lipinski definition) is 3. The lowest BCUT2D eigenvalue weighted by Crippen LogP contribution is -2.24. The highest BCUT2D eigenvalue weighted by Gasteiger charge is 2.09. The molecule has 0 fully saturated rings. The van der Waals surface area contributed by atoms with E-state index in [-0.39, 0.29) is 0 Å². The maximum atomic E-state index is 11.5. The molecule has 0 aliphatic heterocycles. The van der Waals surface area contributed by atoms with Gasteiger partial charge in [0.25, 0.3) is 0 Å². The van der Waals surface area contributed by atoms with Gasteiger partial charge in [-0.2, -0.15) is 0 Å². The first-order chi connectivity index (χ1) is 7.55. The van der Waals surface area contributed by atoms with Crippen molar-refractivity contribution in [3.05, 3.63) is 0 Å². The second kappa shape index (κ2) is 8.99. The highest BCUT2D eigenvalue weighted by molar-refractivity contribution is 7.91. The normalized spacial score (nSPS) is 13.9. The van der Waals surface area contributed by atoms with Crippen molar-refractivity contribution in [2.24, 2.45) is 0 Å². The Morgan fingerprint density at radius 3 is 2.19 bits per heavy atom. The van der Waals surface area contributed by atoms with Crippen LogP contribution in [0.1, 0.15) is 52.4 Å². The molecule has 0 spiro atoms. The van der Waals surface area contributed by atoms with Crippen LogP contribution in [0.25, 0.3) is 0 Å². The highest BCUT2D eigenvalue weighted by Crippen LogP contribution is 2.08. The number of unbranched alkanes of at least 4 members (excludes halogenated alkanes) is 1. The maximum Gasteiger partial charge on any atom is 0.150 e. The smallest absolute Gasteiger partial charge is 0.150 e. The molecule has 0 bridgehead atoms. The third kappa shape index (κ3) is 8.11. The first-order valence-corrected chi connectivity index (χ1v) is 8.25. The molecule has 0 saturated heterocycles. The zero-order valence-corrected chi connectivity index (χ0v) is 11.8. The molecule has 3 nitrogen and oxygen atoms in total. The van der Waals surface area contributed by atoms with Gasteiger partial charge in [0.05, 0.1) is 5.75 Å². The van der Waals surface area contributed by atoms with Crippen LogP contribution in [0.4, 0.5) is 0 Å². The third-order valence-electron chi connectivity index (χ3n) is 2.82. The van der Waals surface area contributed by atoms with Crippen LogP contribution in [-0.2, 0) is 9.84 Å². The van der Waals surface area contributed by atoms with E-state index in [1.165, 1.54) is 12.8 Å². The molecule has 0 aromatic heterocycles. The fraction of sp³-hybridized carbons (Fsp3) is 1.00. The SMILES string of the molecule is CCCC(CCCCS(=O)(=O)CCC)NC. The summed E-state index contributed by atoms with van der Waals surface area (Å²) in [6, 6.07) is 0.555. The van der Waals surface area contributed by atoms with Gasteiger partial charge in [0.15, 0.2) is 0 Å². The summed E-state index contributed by atoms with van der Waals surface area (Å²) in [5.41, 5.74) is 0. The summed E-state index contributed by atoms with van der Waals surface area (Å²) in [4.78, 5) is 0. The molecule has 0 aromatic rings. The Morgan fingerprint density at radius 2 is 1.69 bits per heavy atom. The van der Waals surface area contributed by atoms with Crippen molar-refractivity contribution in [2.45, 2.75) is 58.4 Å². The molecule has 4 heteroatoms. The van der Waals surface area contributed by atoms with Crippen LogP contribution in [0.2, 0.25) is 0 Å². The molecule has 0 rings (SSSR count). The molecule has 1 N–H and O–H groups in total. The summed E-state index contributed by atoms with van der Waals surface area (Å²) in [7, 11) is -0.789. The molecule has 0 saturated carbocycles. The van der Waals surface area contributed by atoms with Crippen molar-refractivity contribution < 1.29 is 8.42 Å². The van der Waals surface area contributed by atoms with Crippen molar-refractivity contribution in [2.75, 3.05) is 18.6 Å². The van der Waals surface area contributed by atoms with Crippen LogP contribution in [0.5, 0.6) is 0 Å². The summed E-state index contributed by atoms with van der Waals surface area (Å²) in [5, 5.41) is 3.28. The molecular formula is C12H27NO2S. The Kier molecular flexibility index (Phi) is 8.94. The van der Waals surface area contributed by atoms with Gasteiger partial charge in [-0.15, -0.1) is 0 Å². The van der Waals surface area contributed by atoms with Crippen molar-refractivity contribution in [1.29, 1.82) is 0 Å². The zero-order valence-electron chi connectivity index (χ0n) is 11.0. The van der Waals surface area contributed by atoms with E-state index >= 15 is 0 Å². The summed E-state index contributed by atoms with van der Waals surface area (Å²) in [5.74, 6) is 0.709. The lowest BCUT2D eigenvalue weighted by molar-refractivity contribution is 0.466. The largest absolute Gasteiger partial charge is 0.317 e. The average Bonchev–Trinajstić information content (AvgIpc) is 2.22. The lowest BCUT2D eigenvalue weighted by Gasteiger charge is -2.14. The number of sulfone groups is 1. The second-order valence-electron chi connectivity index (χ2n) is 4.42. The molecule has 98 valence electrons. The molecule has 0 aliphatic rings.